The van der Waals surface area contributed by atoms with Crippen LogP contribution in [-0.4, -0.2) is 85.2 Å². The zero-order valence-electron chi connectivity index (χ0n) is 19.7. The third-order valence-electron chi connectivity index (χ3n) is 8.82. The van der Waals surface area contributed by atoms with Gasteiger partial charge in [-0.3, -0.25) is 15.0 Å². The Bertz CT molecular complexity index is 634. The average Bonchev–Trinajstić information content (AvgIpc) is 3.17. The monoisotopic (exact) mass is 455 g/mol. The topological polar surface area (TPSA) is 90.4 Å². The number of nitrogens with two attached hydrogens (primary N) is 1. The smallest absolute Gasteiger partial charge is 0.223 e. The lowest BCUT2D eigenvalue weighted by molar-refractivity contribution is -0.706. The van der Waals surface area contributed by atoms with E-state index in [9.17, 15) is 9.90 Å². The molecule has 2 saturated carbocycles. The summed E-state index contributed by atoms with van der Waals surface area (Å²) in [5.74, 6) is 0.712. The lowest BCUT2D eigenvalue weighted by atomic mass is 9.51. The van der Waals surface area contributed by atoms with Gasteiger partial charge in [-0.15, -0.1) is 0 Å². The second-order valence-electron chi connectivity index (χ2n) is 10.6. The van der Waals surface area contributed by atoms with E-state index in [1.54, 1.807) is 0 Å². The molecule has 9 atom stereocenters. The maximum Gasteiger partial charge on any atom is 0.223 e. The van der Waals surface area contributed by atoms with Crippen molar-refractivity contribution in [1.82, 2.24) is 15.5 Å². The Balaban J connectivity index is 1.35. The molecule has 4 fully saturated rings. The molecule has 0 aromatic heterocycles. The van der Waals surface area contributed by atoms with Crippen molar-refractivity contribution in [2.75, 3.05) is 46.4 Å². The summed E-state index contributed by atoms with van der Waals surface area (Å²) in [7, 11) is 2.04. The number of amides is 1. The van der Waals surface area contributed by atoms with E-state index in [1.165, 1.54) is 6.42 Å². The molecular weight excluding hydrogens is 412 g/mol. The molecule has 31 heavy (non-hydrogen) atoms. The summed E-state index contributed by atoms with van der Waals surface area (Å²) in [5, 5.41) is 21.2. The number of fused-ring (bicyclic) bond motifs is 2. The summed E-state index contributed by atoms with van der Waals surface area (Å²) in [6, 6.07) is 0.548. The van der Waals surface area contributed by atoms with Gasteiger partial charge in [0.1, 0.15) is 6.04 Å². The lowest BCUT2D eigenvalue weighted by Crippen LogP contribution is -2.96. The summed E-state index contributed by atoms with van der Waals surface area (Å²) >= 11 is 2.06. The second-order valence-corrected chi connectivity index (χ2v) is 12.0. The van der Waals surface area contributed by atoms with Crippen LogP contribution in [0.1, 0.15) is 40.0 Å². The van der Waals surface area contributed by atoms with Crippen LogP contribution < -0.4 is 16.0 Å². The van der Waals surface area contributed by atoms with Crippen LogP contribution in [0.15, 0.2) is 0 Å². The van der Waals surface area contributed by atoms with E-state index in [-0.39, 0.29) is 29.1 Å². The summed E-state index contributed by atoms with van der Waals surface area (Å²) in [4.78, 5) is 15.3. The van der Waals surface area contributed by atoms with Crippen LogP contribution in [0.4, 0.5) is 0 Å². The van der Waals surface area contributed by atoms with Gasteiger partial charge in [0, 0.05) is 38.0 Å². The molecule has 0 radical (unpaired) electrons. The van der Waals surface area contributed by atoms with Crippen LogP contribution in [-0.2, 0) is 9.53 Å². The van der Waals surface area contributed by atoms with Crippen molar-refractivity contribution in [3.63, 3.8) is 0 Å². The number of nitrogens with one attached hydrogen (secondary N) is 2. The van der Waals surface area contributed by atoms with Crippen LogP contribution in [0.25, 0.3) is 0 Å². The van der Waals surface area contributed by atoms with Gasteiger partial charge < -0.3 is 20.5 Å². The third-order valence-corrected chi connectivity index (χ3v) is 10.3. The molecule has 5 N–H and O–H groups in total. The number of aliphatic hydroxyl groups is 1. The predicted octanol–water partition coefficient (Wildman–Crippen LogP) is 0.0545. The molecule has 2 aliphatic carbocycles. The first kappa shape index (κ1) is 23.8. The minimum atomic E-state index is -0.401. The van der Waals surface area contributed by atoms with Gasteiger partial charge in [0.15, 0.2) is 5.50 Å². The molecular formula is C23H43N4O3S+. The van der Waals surface area contributed by atoms with Gasteiger partial charge in [-0.25, -0.2) is 0 Å². The summed E-state index contributed by atoms with van der Waals surface area (Å²) in [6.45, 7) is 11.7. The van der Waals surface area contributed by atoms with Crippen molar-refractivity contribution in [3.05, 3.63) is 0 Å². The van der Waals surface area contributed by atoms with Crippen LogP contribution in [0.3, 0.4) is 0 Å². The van der Waals surface area contributed by atoms with E-state index >= 15 is 0 Å². The zero-order chi connectivity index (χ0) is 22.2. The Hall–Kier alpha value is -0.380. The Labute approximate surface area is 191 Å². The summed E-state index contributed by atoms with van der Waals surface area (Å²) in [6.07, 6.45) is 2.83. The standard InChI is InChI=1S/C23H42N4O3S/c1-14(21(29)25-7-8-27-9-11-30-12-10-27)16-5-6-23(3)13-17-19(26-22(24-4)31-17)15(2)18(23)20(16)28/h14-20,22,24,26,28H,5-13H2,1-4H3,(H,25,29)/p+1/t14-,15+,16+,17?,18+,19?,20-,22?,23+/m0/s1. The van der Waals surface area contributed by atoms with E-state index in [4.69, 9.17) is 4.74 Å². The van der Waals surface area contributed by atoms with Crippen molar-refractivity contribution in [2.45, 2.75) is 62.9 Å². The molecule has 2 aliphatic heterocycles. The first-order chi connectivity index (χ1) is 14.8. The van der Waals surface area contributed by atoms with E-state index in [2.05, 4.69) is 46.5 Å². The normalized spacial score (nSPS) is 44.4. The molecule has 2 heterocycles. The molecule has 1 amide bonds. The number of carbonyl (C=O) groups excluding carboxylic acids is 1. The molecule has 4 rings (SSSR count). The summed E-state index contributed by atoms with van der Waals surface area (Å²) < 4.78 is 5.39. The maximum absolute atomic E-state index is 12.9. The third kappa shape index (κ3) is 4.80. The number of aliphatic hydroxyl groups excluding tert-OH is 1. The number of morpholine rings is 1. The first-order valence-electron chi connectivity index (χ1n) is 12.3. The van der Waals surface area contributed by atoms with Crippen molar-refractivity contribution >= 4 is 17.7 Å². The Morgan fingerprint density at radius 2 is 2.13 bits per heavy atom. The molecule has 0 spiro atoms. The van der Waals surface area contributed by atoms with Gasteiger partial charge in [0.05, 0.1) is 24.6 Å². The number of quaternary nitrogens is 1. The van der Waals surface area contributed by atoms with Gasteiger partial charge in [-0.05, 0) is 43.6 Å². The molecule has 0 aromatic rings. The van der Waals surface area contributed by atoms with Crippen molar-refractivity contribution in [3.8, 4) is 0 Å². The molecule has 8 heteroatoms. The molecule has 0 aromatic carbocycles. The Morgan fingerprint density at radius 1 is 1.39 bits per heavy atom. The lowest BCUT2D eigenvalue weighted by Gasteiger charge is -2.55. The minimum Gasteiger partial charge on any atom is -0.392 e. The highest BCUT2D eigenvalue weighted by molar-refractivity contribution is 8.00. The highest BCUT2D eigenvalue weighted by Gasteiger charge is 2.60. The van der Waals surface area contributed by atoms with E-state index in [1.807, 2.05) is 14.0 Å². The van der Waals surface area contributed by atoms with Gasteiger partial charge in [0.25, 0.3) is 0 Å². The van der Waals surface area contributed by atoms with Gasteiger partial charge >= 0.3 is 0 Å². The average molecular weight is 456 g/mol. The highest BCUT2D eigenvalue weighted by atomic mass is 32.2. The van der Waals surface area contributed by atoms with Gasteiger partial charge in [0.2, 0.25) is 5.91 Å². The Morgan fingerprint density at radius 3 is 2.84 bits per heavy atom. The molecule has 4 aliphatic rings. The fourth-order valence-electron chi connectivity index (χ4n) is 6.97. The largest absolute Gasteiger partial charge is 0.392 e. The van der Waals surface area contributed by atoms with Crippen LogP contribution in [0, 0.1) is 29.1 Å². The number of hydrogen-bond donors (Lipinski definition) is 4. The second kappa shape index (κ2) is 9.85. The first-order valence-corrected chi connectivity index (χ1v) is 13.2. The Kier molecular flexibility index (Phi) is 7.55. The quantitative estimate of drug-likeness (QED) is 0.453. The fourth-order valence-corrected chi connectivity index (χ4v) is 8.75. The SMILES string of the molecule is CNC1[NH2+]C2C(C[C@@]3(C)CC[C@H]([C@H](C)C(=O)NCCN4CCOCC4)[C@H](O)[C@H]3[C@H]2C)S1. The van der Waals surface area contributed by atoms with Crippen molar-refractivity contribution in [1.29, 1.82) is 0 Å². The number of rotatable bonds is 6. The van der Waals surface area contributed by atoms with Gasteiger partial charge in [-0.2, -0.15) is 0 Å². The number of carbonyl (C=O) groups is 1. The number of hydrogen-bond acceptors (Lipinski definition) is 6. The number of nitrogens with zero attached hydrogens (tertiary/aromatic N) is 1. The maximum atomic E-state index is 12.9. The van der Waals surface area contributed by atoms with E-state index in [0.717, 1.165) is 45.7 Å². The van der Waals surface area contributed by atoms with Gasteiger partial charge in [-0.1, -0.05) is 32.5 Å². The summed E-state index contributed by atoms with van der Waals surface area (Å²) in [5.41, 5.74) is 0.595. The molecule has 2 saturated heterocycles. The van der Waals surface area contributed by atoms with E-state index < -0.39 is 6.10 Å². The molecule has 0 bridgehead atoms. The predicted molar refractivity (Wildman–Crippen MR) is 123 cm³/mol. The minimum absolute atomic E-state index is 0.0506. The van der Waals surface area contributed by atoms with Crippen LogP contribution in [0.2, 0.25) is 0 Å². The van der Waals surface area contributed by atoms with Crippen molar-refractivity contribution in [2.24, 2.45) is 29.1 Å². The number of ether oxygens (including phenoxy) is 1. The molecule has 7 nitrogen and oxygen atoms in total. The van der Waals surface area contributed by atoms with Crippen molar-refractivity contribution < 1.29 is 20.0 Å². The highest BCUT2D eigenvalue weighted by Crippen LogP contribution is 2.57. The van der Waals surface area contributed by atoms with Crippen LogP contribution in [0.5, 0.6) is 0 Å². The fraction of sp³-hybridized carbons (Fsp3) is 0.957. The van der Waals surface area contributed by atoms with Crippen LogP contribution >= 0.6 is 11.8 Å². The molecule has 178 valence electrons. The van der Waals surface area contributed by atoms with E-state index in [0.29, 0.717) is 29.3 Å². The molecule has 3 unspecified atom stereocenters. The number of thioether (sulfide) groups is 1. The zero-order valence-corrected chi connectivity index (χ0v) is 20.5.